The van der Waals surface area contributed by atoms with Crippen LogP contribution in [-0.2, 0) is 4.79 Å². The monoisotopic (exact) mass is 299 g/mol. The summed E-state index contributed by atoms with van der Waals surface area (Å²) in [4.78, 5) is 23.4. The molecule has 20 heavy (non-hydrogen) atoms. The summed E-state index contributed by atoms with van der Waals surface area (Å²) in [6.45, 7) is 4.39. The highest BCUT2D eigenvalue weighted by atomic mass is 32.2. The smallest absolute Gasteiger partial charge is 0.321 e. The molecule has 0 atom stereocenters. The van der Waals surface area contributed by atoms with Crippen molar-refractivity contribution >= 4 is 29.4 Å². The fourth-order valence-electron chi connectivity index (χ4n) is 1.28. The predicted molar refractivity (Wildman–Crippen MR) is 77.9 cm³/mol. The summed E-state index contributed by atoms with van der Waals surface area (Å²) in [5.41, 5.74) is 6.06. The van der Waals surface area contributed by atoms with Gasteiger partial charge in [0.05, 0.1) is 5.75 Å². The number of nitrogens with one attached hydrogen (secondary N) is 2. The number of thioether (sulfide) groups is 1. The molecular formula is C13H18FN3O2S. The van der Waals surface area contributed by atoms with E-state index in [0.29, 0.717) is 23.0 Å². The van der Waals surface area contributed by atoms with Gasteiger partial charge in [-0.25, -0.2) is 9.18 Å². The van der Waals surface area contributed by atoms with Gasteiger partial charge in [-0.15, -0.1) is 11.8 Å². The van der Waals surface area contributed by atoms with Crippen molar-refractivity contribution in [3.8, 4) is 0 Å². The highest BCUT2D eigenvalue weighted by molar-refractivity contribution is 8.00. The van der Waals surface area contributed by atoms with Gasteiger partial charge in [0.15, 0.2) is 0 Å². The number of urea groups is 1. The lowest BCUT2D eigenvalue weighted by Crippen LogP contribution is -2.41. The largest absolute Gasteiger partial charge is 0.398 e. The zero-order chi connectivity index (χ0) is 15.1. The molecule has 3 amide bonds. The predicted octanol–water partition coefficient (Wildman–Crippen LogP) is 1.98. The van der Waals surface area contributed by atoms with Crippen LogP contribution in [0.2, 0.25) is 0 Å². The molecule has 0 fully saturated rings. The van der Waals surface area contributed by atoms with Crippen LogP contribution in [0.25, 0.3) is 0 Å². The lowest BCUT2D eigenvalue weighted by atomic mass is 10.2. The third kappa shape index (κ3) is 5.92. The lowest BCUT2D eigenvalue weighted by Gasteiger charge is -2.09. The van der Waals surface area contributed by atoms with Crippen LogP contribution in [0.15, 0.2) is 23.1 Å². The summed E-state index contributed by atoms with van der Waals surface area (Å²) in [6.07, 6.45) is 0. The number of nitrogen functional groups attached to an aromatic ring is 1. The van der Waals surface area contributed by atoms with E-state index in [4.69, 9.17) is 5.73 Å². The van der Waals surface area contributed by atoms with Gasteiger partial charge in [-0.05, 0) is 24.1 Å². The number of amides is 3. The van der Waals surface area contributed by atoms with Gasteiger partial charge in [0, 0.05) is 17.1 Å². The minimum atomic E-state index is -0.531. The van der Waals surface area contributed by atoms with E-state index in [1.807, 2.05) is 13.8 Å². The standard InChI is InChI=1S/C13H18FN3O2S/c1-8(2)6-16-13(19)17-12(18)7-20-11-5-9(14)3-4-10(11)15/h3-5,8H,6-7,15H2,1-2H3,(H2,16,17,18,19). The first-order valence-electron chi connectivity index (χ1n) is 6.14. The number of benzene rings is 1. The minimum Gasteiger partial charge on any atom is -0.398 e. The zero-order valence-electron chi connectivity index (χ0n) is 11.4. The molecule has 0 bridgehead atoms. The Hall–Kier alpha value is -1.76. The number of hydrogen-bond acceptors (Lipinski definition) is 4. The molecule has 0 aliphatic rings. The van der Waals surface area contributed by atoms with Gasteiger partial charge < -0.3 is 11.1 Å². The maximum Gasteiger partial charge on any atom is 0.321 e. The molecule has 0 unspecified atom stereocenters. The average molecular weight is 299 g/mol. The minimum absolute atomic E-state index is 0.0112. The fraction of sp³-hybridized carbons (Fsp3) is 0.385. The van der Waals surface area contributed by atoms with Crippen LogP contribution < -0.4 is 16.4 Å². The summed E-state index contributed by atoms with van der Waals surface area (Å²) in [5, 5.41) is 4.76. The Bertz CT molecular complexity index is 495. The Kier molecular flexibility index (Phi) is 6.30. The molecule has 4 N–H and O–H groups in total. The molecule has 0 aliphatic carbocycles. The Morgan fingerprint density at radius 2 is 2.10 bits per heavy atom. The SMILES string of the molecule is CC(C)CNC(=O)NC(=O)CSc1cc(F)ccc1N. The van der Waals surface area contributed by atoms with Gasteiger partial charge in [-0.3, -0.25) is 10.1 Å². The van der Waals surface area contributed by atoms with E-state index in [0.717, 1.165) is 11.8 Å². The molecule has 7 heteroatoms. The number of anilines is 1. The second-order valence-electron chi connectivity index (χ2n) is 4.62. The van der Waals surface area contributed by atoms with Crippen LogP contribution >= 0.6 is 11.8 Å². The molecule has 0 saturated carbocycles. The molecule has 0 heterocycles. The number of carbonyl (C=O) groups excluding carboxylic acids is 2. The number of imide groups is 1. The molecule has 0 aromatic heterocycles. The van der Waals surface area contributed by atoms with E-state index in [1.54, 1.807) is 0 Å². The third-order valence-corrected chi connectivity index (χ3v) is 3.33. The lowest BCUT2D eigenvalue weighted by molar-refractivity contribution is -0.117. The first-order chi connectivity index (χ1) is 9.38. The molecule has 1 aromatic carbocycles. The highest BCUT2D eigenvalue weighted by Crippen LogP contribution is 2.25. The summed E-state index contributed by atoms with van der Waals surface area (Å²) < 4.78 is 13.0. The molecular weight excluding hydrogens is 281 g/mol. The quantitative estimate of drug-likeness (QED) is 0.573. The van der Waals surface area contributed by atoms with E-state index in [-0.39, 0.29) is 5.75 Å². The molecule has 0 aliphatic heterocycles. The Labute approximate surface area is 121 Å². The molecule has 1 aromatic rings. The van der Waals surface area contributed by atoms with Gasteiger partial charge in [-0.1, -0.05) is 13.8 Å². The van der Waals surface area contributed by atoms with Crippen LogP contribution in [0, 0.1) is 11.7 Å². The second kappa shape index (κ2) is 7.74. The summed E-state index contributed by atoms with van der Waals surface area (Å²) in [7, 11) is 0. The summed E-state index contributed by atoms with van der Waals surface area (Å²) >= 11 is 1.08. The van der Waals surface area contributed by atoms with Gasteiger partial charge in [0.1, 0.15) is 5.82 Å². The molecule has 0 saturated heterocycles. The van der Waals surface area contributed by atoms with Crippen LogP contribution in [-0.4, -0.2) is 24.2 Å². The van der Waals surface area contributed by atoms with E-state index in [2.05, 4.69) is 10.6 Å². The van der Waals surface area contributed by atoms with E-state index < -0.39 is 17.8 Å². The molecule has 110 valence electrons. The van der Waals surface area contributed by atoms with Crippen molar-refractivity contribution in [1.29, 1.82) is 0 Å². The van der Waals surface area contributed by atoms with E-state index in [1.165, 1.54) is 18.2 Å². The zero-order valence-corrected chi connectivity index (χ0v) is 12.2. The number of nitrogens with two attached hydrogens (primary N) is 1. The highest BCUT2D eigenvalue weighted by Gasteiger charge is 2.10. The molecule has 0 spiro atoms. The van der Waals surface area contributed by atoms with Crippen molar-refractivity contribution in [2.24, 2.45) is 5.92 Å². The first-order valence-corrected chi connectivity index (χ1v) is 7.12. The Balaban J connectivity index is 2.39. The maximum atomic E-state index is 13.0. The van der Waals surface area contributed by atoms with Crippen LogP contribution in [0.5, 0.6) is 0 Å². The van der Waals surface area contributed by atoms with E-state index in [9.17, 15) is 14.0 Å². The number of rotatable bonds is 5. The van der Waals surface area contributed by atoms with Crippen molar-refractivity contribution < 1.29 is 14.0 Å². The number of hydrogen-bond donors (Lipinski definition) is 3. The van der Waals surface area contributed by atoms with Crippen LogP contribution in [0.4, 0.5) is 14.9 Å². The molecule has 0 radical (unpaired) electrons. The number of carbonyl (C=O) groups is 2. The van der Waals surface area contributed by atoms with Crippen LogP contribution in [0.3, 0.4) is 0 Å². The summed E-state index contributed by atoms with van der Waals surface area (Å²) in [5.74, 6) is -0.586. The van der Waals surface area contributed by atoms with Gasteiger partial charge in [0.2, 0.25) is 5.91 Å². The third-order valence-electron chi connectivity index (χ3n) is 2.26. The van der Waals surface area contributed by atoms with Gasteiger partial charge in [0.25, 0.3) is 0 Å². The van der Waals surface area contributed by atoms with Gasteiger partial charge in [-0.2, -0.15) is 0 Å². The molecule has 5 nitrogen and oxygen atoms in total. The Morgan fingerprint density at radius 3 is 2.75 bits per heavy atom. The van der Waals surface area contributed by atoms with Crippen molar-refractivity contribution in [3.63, 3.8) is 0 Å². The first kappa shape index (κ1) is 16.3. The van der Waals surface area contributed by atoms with E-state index >= 15 is 0 Å². The number of halogens is 1. The van der Waals surface area contributed by atoms with Crippen molar-refractivity contribution in [2.75, 3.05) is 18.0 Å². The van der Waals surface area contributed by atoms with Crippen molar-refractivity contribution in [1.82, 2.24) is 10.6 Å². The van der Waals surface area contributed by atoms with Crippen molar-refractivity contribution in [2.45, 2.75) is 18.7 Å². The average Bonchev–Trinajstić information content (AvgIpc) is 2.37. The second-order valence-corrected chi connectivity index (χ2v) is 5.64. The Morgan fingerprint density at radius 1 is 1.40 bits per heavy atom. The van der Waals surface area contributed by atoms with Gasteiger partial charge >= 0.3 is 6.03 Å². The fourth-order valence-corrected chi connectivity index (χ4v) is 2.07. The topological polar surface area (TPSA) is 84.2 Å². The maximum absolute atomic E-state index is 13.0. The van der Waals surface area contributed by atoms with Crippen LogP contribution in [0.1, 0.15) is 13.8 Å². The van der Waals surface area contributed by atoms with Crippen molar-refractivity contribution in [3.05, 3.63) is 24.0 Å². The summed E-state index contributed by atoms with van der Waals surface area (Å²) in [6, 6.07) is 3.41. The normalized spacial score (nSPS) is 10.4. The molecule has 1 rings (SSSR count).